The summed E-state index contributed by atoms with van der Waals surface area (Å²) in [6.45, 7) is 0. The van der Waals surface area contributed by atoms with Crippen LogP contribution in [0.4, 0.5) is 24.5 Å². The predicted octanol–water partition coefficient (Wildman–Crippen LogP) is 6.98. The molecule has 1 aliphatic rings. The lowest BCUT2D eigenvalue weighted by molar-refractivity contribution is -0.384. The van der Waals surface area contributed by atoms with E-state index in [1.165, 1.54) is 30.3 Å². The number of halogens is 4. The lowest BCUT2D eigenvalue weighted by Crippen LogP contribution is -2.13. The first-order chi connectivity index (χ1) is 14.7. The molecule has 3 aromatic carbocycles. The Morgan fingerprint density at radius 1 is 1.00 bits per heavy atom. The van der Waals surface area contributed by atoms with Gasteiger partial charge in [0.1, 0.15) is 0 Å². The fraction of sp³-hybridized carbons (Fsp3) is 0.0455. The molecule has 1 aliphatic heterocycles. The van der Waals surface area contributed by atoms with Gasteiger partial charge in [0.05, 0.1) is 19.8 Å². The van der Waals surface area contributed by atoms with Gasteiger partial charge in [-0.05, 0) is 58.5 Å². The smallest absolute Gasteiger partial charge is 0.416 e. The van der Waals surface area contributed by atoms with Crippen LogP contribution in [0.15, 0.2) is 77.8 Å². The summed E-state index contributed by atoms with van der Waals surface area (Å²) in [5.41, 5.74) is 0.863. The van der Waals surface area contributed by atoms with Crippen LogP contribution in [0.1, 0.15) is 22.3 Å². The fourth-order valence-electron chi connectivity index (χ4n) is 3.00. The molecule has 0 atom stereocenters. The number of fused-ring (bicyclic) bond motifs is 1. The minimum Gasteiger partial charge on any atom is -0.437 e. The molecular weight excluding hydrogens is 524 g/mol. The minimum atomic E-state index is -4.51. The number of benzene rings is 3. The third-order valence-electron chi connectivity index (χ3n) is 4.54. The Kier molecular flexibility index (Phi) is 5.52. The normalized spacial score (nSPS) is 14.9. The van der Waals surface area contributed by atoms with E-state index in [4.69, 9.17) is 4.74 Å². The van der Waals surface area contributed by atoms with E-state index in [2.05, 4.69) is 4.99 Å². The van der Waals surface area contributed by atoms with Crippen molar-refractivity contribution in [2.45, 2.75) is 6.18 Å². The van der Waals surface area contributed by atoms with Gasteiger partial charge >= 0.3 is 6.18 Å². The number of nitrogens with zero attached hydrogens (tertiary/aromatic N) is 2. The molecule has 0 amide bonds. The van der Waals surface area contributed by atoms with Crippen LogP contribution in [0.2, 0.25) is 0 Å². The predicted molar refractivity (Wildman–Crippen MR) is 119 cm³/mol. The molecule has 5 nitrogen and oxygen atoms in total. The van der Waals surface area contributed by atoms with Gasteiger partial charge in [-0.1, -0.05) is 30.3 Å². The molecule has 0 saturated heterocycles. The molecule has 1 heterocycles. The maximum atomic E-state index is 13.3. The van der Waals surface area contributed by atoms with E-state index in [0.29, 0.717) is 14.8 Å². The first-order valence-electron chi connectivity index (χ1n) is 8.92. The standard InChI is InChI=1S/C22H12F3IN2O3/c23-22(24,25)15-8-11-18-17(12-15)20(19(26)13-4-2-1-3-5-13)31-21(27-18)14-6-9-16(10-7-14)28(29)30/h1-12H/b20-19-. The summed E-state index contributed by atoms with van der Waals surface area (Å²) in [7, 11) is 0. The SMILES string of the molecule is O=[N+]([O-])c1ccc(C2=Nc3ccc(C(F)(F)F)cc3/C(=C(/I)c3ccccc3)O2)cc1. The fourth-order valence-corrected chi connectivity index (χ4v) is 3.76. The van der Waals surface area contributed by atoms with Crippen molar-refractivity contribution in [1.82, 2.24) is 0 Å². The molecular formula is C22H12F3IN2O3. The summed E-state index contributed by atoms with van der Waals surface area (Å²) >= 11 is 2.03. The summed E-state index contributed by atoms with van der Waals surface area (Å²) in [6, 6.07) is 18.0. The number of hydrogen-bond donors (Lipinski definition) is 0. The van der Waals surface area contributed by atoms with Gasteiger partial charge in [0.2, 0.25) is 5.90 Å². The van der Waals surface area contributed by atoms with Gasteiger partial charge < -0.3 is 4.74 Å². The molecule has 0 fully saturated rings. The van der Waals surface area contributed by atoms with Crippen LogP contribution in [0.5, 0.6) is 0 Å². The average molecular weight is 536 g/mol. The Hall–Kier alpha value is -3.21. The lowest BCUT2D eigenvalue weighted by Gasteiger charge is -2.22. The van der Waals surface area contributed by atoms with Crippen molar-refractivity contribution in [3.05, 3.63) is 105 Å². The molecule has 0 aliphatic carbocycles. The molecule has 0 saturated carbocycles. The van der Waals surface area contributed by atoms with Crippen LogP contribution in [0.25, 0.3) is 9.34 Å². The third kappa shape index (κ3) is 4.31. The molecule has 0 unspecified atom stereocenters. The van der Waals surface area contributed by atoms with Crippen LogP contribution in [-0.2, 0) is 10.9 Å². The highest BCUT2D eigenvalue weighted by Crippen LogP contribution is 2.43. The highest BCUT2D eigenvalue weighted by atomic mass is 127. The molecule has 9 heteroatoms. The van der Waals surface area contributed by atoms with Crippen molar-refractivity contribution in [2.24, 2.45) is 4.99 Å². The van der Waals surface area contributed by atoms with Gasteiger partial charge in [-0.2, -0.15) is 13.2 Å². The highest BCUT2D eigenvalue weighted by Gasteiger charge is 2.33. The highest BCUT2D eigenvalue weighted by molar-refractivity contribution is 14.1. The van der Waals surface area contributed by atoms with Crippen LogP contribution in [-0.4, -0.2) is 10.8 Å². The van der Waals surface area contributed by atoms with Crippen molar-refractivity contribution in [3.8, 4) is 0 Å². The second-order valence-electron chi connectivity index (χ2n) is 6.56. The molecule has 0 radical (unpaired) electrons. The average Bonchev–Trinajstić information content (AvgIpc) is 2.77. The second kappa shape index (κ2) is 8.14. The van der Waals surface area contributed by atoms with E-state index >= 15 is 0 Å². The monoisotopic (exact) mass is 536 g/mol. The van der Waals surface area contributed by atoms with E-state index in [-0.39, 0.29) is 22.9 Å². The Labute approximate surface area is 188 Å². The number of aliphatic imine (C=N–C) groups is 1. The van der Waals surface area contributed by atoms with Gasteiger partial charge in [-0.3, -0.25) is 10.1 Å². The quantitative estimate of drug-likeness (QED) is 0.206. The van der Waals surface area contributed by atoms with Crippen LogP contribution < -0.4 is 0 Å². The molecule has 0 spiro atoms. The zero-order valence-electron chi connectivity index (χ0n) is 15.6. The molecule has 31 heavy (non-hydrogen) atoms. The maximum Gasteiger partial charge on any atom is 0.416 e. The van der Waals surface area contributed by atoms with Gasteiger partial charge in [0, 0.05) is 23.3 Å². The summed E-state index contributed by atoms with van der Waals surface area (Å²) in [6.07, 6.45) is -4.51. The largest absolute Gasteiger partial charge is 0.437 e. The zero-order valence-corrected chi connectivity index (χ0v) is 17.7. The van der Waals surface area contributed by atoms with Gasteiger partial charge in [0.25, 0.3) is 5.69 Å². The van der Waals surface area contributed by atoms with Crippen molar-refractivity contribution < 1.29 is 22.8 Å². The summed E-state index contributed by atoms with van der Waals surface area (Å²) in [4.78, 5) is 14.7. The Bertz CT molecular complexity index is 1220. The molecule has 3 aromatic rings. The number of alkyl halides is 3. The van der Waals surface area contributed by atoms with Crippen molar-refractivity contribution in [1.29, 1.82) is 0 Å². The zero-order chi connectivity index (χ0) is 22.2. The molecule has 0 N–H and O–H groups in total. The van der Waals surface area contributed by atoms with E-state index < -0.39 is 16.7 Å². The summed E-state index contributed by atoms with van der Waals surface area (Å²) < 4.78 is 46.5. The lowest BCUT2D eigenvalue weighted by atomic mass is 10.0. The first-order valence-corrected chi connectivity index (χ1v) is 10.00. The van der Waals surface area contributed by atoms with Crippen LogP contribution in [0, 0.1) is 10.1 Å². The van der Waals surface area contributed by atoms with Crippen molar-refractivity contribution >= 4 is 49.2 Å². The van der Waals surface area contributed by atoms with E-state index in [0.717, 1.165) is 17.7 Å². The minimum absolute atomic E-state index is 0.0926. The molecule has 156 valence electrons. The Balaban J connectivity index is 1.88. The van der Waals surface area contributed by atoms with Crippen LogP contribution in [0.3, 0.4) is 0 Å². The van der Waals surface area contributed by atoms with E-state index in [1.807, 2.05) is 52.9 Å². The summed E-state index contributed by atoms with van der Waals surface area (Å²) in [5.74, 6) is 0.374. The number of ether oxygens (including phenoxy) is 1. The Morgan fingerprint density at radius 2 is 1.68 bits per heavy atom. The third-order valence-corrected chi connectivity index (χ3v) is 5.65. The van der Waals surface area contributed by atoms with Gasteiger partial charge in [-0.15, -0.1) is 0 Å². The summed E-state index contributed by atoms with van der Waals surface area (Å²) in [5, 5.41) is 10.9. The number of rotatable bonds is 3. The number of nitro benzene ring substituents is 1. The second-order valence-corrected chi connectivity index (χ2v) is 7.64. The van der Waals surface area contributed by atoms with E-state index in [1.54, 1.807) is 0 Å². The van der Waals surface area contributed by atoms with Gasteiger partial charge in [0.15, 0.2) is 5.76 Å². The van der Waals surface area contributed by atoms with Crippen molar-refractivity contribution in [3.63, 3.8) is 0 Å². The van der Waals surface area contributed by atoms with Crippen molar-refractivity contribution in [2.75, 3.05) is 0 Å². The molecule has 0 bridgehead atoms. The van der Waals surface area contributed by atoms with Crippen LogP contribution >= 0.6 is 22.6 Å². The number of non-ortho nitro benzene ring substituents is 1. The molecule has 0 aromatic heterocycles. The number of hydrogen-bond acceptors (Lipinski definition) is 4. The maximum absolute atomic E-state index is 13.3. The Morgan fingerprint density at radius 3 is 2.29 bits per heavy atom. The van der Waals surface area contributed by atoms with Gasteiger partial charge in [-0.25, -0.2) is 4.99 Å². The van der Waals surface area contributed by atoms with E-state index in [9.17, 15) is 23.3 Å². The topological polar surface area (TPSA) is 64.7 Å². The number of nitro groups is 1. The molecule has 4 rings (SSSR count). The first kappa shape index (κ1) is 21.0.